The van der Waals surface area contributed by atoms with Gasteiger partial charge in [-0.25, -0.2) is 0 Å². The minimum atomic E-state index is -0.150. The fraction of sp³-hybridized carbons (Fsp3) is 0.667. The molecule has 0 aliphatic carbocycles. The fourth-order valence-electron chi connectivity index (χ4n) is 1.91. The Morgan fingerprint density at radius 1 is 1.75 bits per heavy atom. The minimum Gasteiger partial charge on any atom is -0.384 e. The lowest BCUT2D eigenvalue weighted by Gasteiger charge is -2.14. The molecular weight excluding hydrogens is 210 g/mol. The van der Waals surface area contributed by atoms with Gasteiger partial charge in [0.2, 0.25) is 11.8 Å². The van der Waals surface area contributed by atoms with Gasteiger partial charge in [0, 0.05) is 26.1 Å². The summed E-state index contributed by atoms with van der Waals surface area (Å²) in [6.45, 7) is 2.11. The van der Waals surface area contributed by atoms with Crippen LogP contribution in [0.5, 0.6) is 0 Å². The van der Waals surface area contributed by atoms with Crippen LogP contribution >= 0.6 is 0 Å². The second-order valence-corrected chi connectivity index (χ2v) is 3.90. The molecule has 1 amide bonds. The Balaban J connectivity index is 1.97. The lowest BCUT2D eigenvalue weighted by Crippen LogP contribution is -2.30. The van der Waals surface area contributed by atoms with E-state index < -0.39 is 0 Å². The number of likely N-dealkylation sites (tertiary alicyclic amines) is 1. The van der Waals surface area contributed by atoms with E-state index in [1.807, 2.05) is 0 Å². The van der Waals surface area contributed by atoms with Crippen LogP contribution in [0, 0.1) is 5.92 Å². The molecule has 1 fully saturated rings. The molecule has 0 saturated carbocycles. The molecule has 1 aromatic rings. The van der Waals surface area contributed by atoms with Crippen LogP contribution in [0.3, 0.4) is 0 Å². The number of nitrogens with one attached hydrogen (secondary N) is 1. The molecular formula is C9H15N5O2. The molecule has 2 heterocycles. The molecule has 3 N–H and O–H groups in total. The van der Waals surface area contributed by atoms with E-state index >= 15 is 0 Å². The SMILES string of the molecule is COCC1CCN(C(=O)c2nc(N)n[nH]2)C1. The Morgan fingerprint density at radius 2 is 2.56 bits per heavy atom. The minimum absolute atomic E-state index is 0.0935. The van der Waals surface area contributed by atoms with E-state index in [1.165, 1.54) is 0 Å². The maximum absolute atomic E-state index is 11.9. The highest BCUT2D eigenvalue weighted by molar-refractivity contribution is 5.90. The molecule has 1 unspecified atom stereocenters. The molecule has 88 valence electrons. The summed E-state index contributed by atoms with van der Waals surface area (Å²) < 4.78 is 5.07. The highest BCUT2D eigenvalue weighted by Crippen LogP contribution is 2.17. The number of H-pyrrole nitrogens is 1. The fourth-order valence-corrected chi connectivity index (χ4v) is 1.91. The normalized spacial score (nSPS) is 20.3. The molecule has 1 aliphatic rings. The molecule has 2 rings (SSSR count). The summed E-state index contributed by atoms with van der Waals surface area (Å²) in [7, 11) is 1.67. The average molecular weight is 225 g/mol. The summed E-state index contributed by atoms with van der Waals surface area (Å²) in [4.78, 5) is 17.5. The molecule has 7 nitrogen and oxygen atoms in total. The molecule has 0 radical (unpaired) electrons. The van der Waals surface area contributed by atoms with E-state index in [9.17, 15) is 4.79 Å². The number of carbonyl (C=O) groups is 1. The van der Waals surface area contributed by atoms with Crippen molar-refractivity contribution in [3.8, 4) is 0 Å². The number of nitrogens with zero attached hydrogens (tertiary/aromatic N) is 3. The van der Waals surface area contributed by atoms with Gasteiger partial charge in [-0.05, 0) is 6.42 Å². The Hall–Kier alpha value is -1.63. The molecule has 0 aromatic carbocycles. The summed E-state index contributed by atoms with van der Waals surface area (Å²) in [6, 6.07) is 0. The summed E-state index contributed by atoms with van der Waals surface area (Å²) in [6.07, 6.45) is 0.962. The Labute approximate surface area is 93.0 Å². The van der Waals surface area contributed by atoms with Gasteiger partial charge in [-0.2, -0.15) is 4.98 Å². The number of ether oxygens (including phenoxy) is 1. The van der Waals surface area contributed by atoms with Gasteiger partial charge in [-0.1, -0.05) is 0 Å². The maximum atomic E-state index is 11.9. The Kier molecular flexibility index (Phi) is 3.04. The van der Waals surface area contributed by atoms with E-state index in [1.54, 1.807) is 12.0 Å². The first-order valence-electron chi connectivity index (χ1n) is 5.16. The molecule has 7 heteroatoms. The molecule has 1 aromatic heterocycles. The summed E-state index contributed by atoms with van der Waals surface area (Å²) >= 11 is 0. The number of rotatable bonds is 3. The third-order valence-corrected chi connectivity index (χ3v) is 2.68. The van der Waals surface area contributed by atoms with Gasteiger partial charge in [0.25, 0.3) is 5.91 Å². The van der Waals surface area contributed by atoms with Crippen molar-refractivity contribution in [3.05, 3.63) is 5.82 Å². The number of carbonyl (C=O) groups excluding carboxylic acids is 1. The van der Waals surface area contributed by atoms with Crippen LogP contribution in [0.4, 0.5) is 5.95 Å². The number of hydrogen-bond donors (Lipinski definition) is 2. The van der Waals surface area contributed by atoms with Crippen LogP contribution in [0.25, 0.3) is 0 Å². The van der Waals surface area contributed by atoms with E-state index in [4.69, 9.17) is 10.5 Å². The standard InChI is InChI=1S/C9H15N5O2/c1-16-5-6-2-3-14(4-6)8(15)7-11-9(10)13-12-7/h6H,2-5H2,1H3,(H3,10,11,12,13). The molecule has 0 spiro atoms. The highest BCUT2D eigenvalue weighted by Gasteiger charge is 2.28. The van der Waals surface area contributed by atoms with Gasteiger partial charge in [0.05, 0.1) is 6.61 Å². The lowest BCUT2D eigenvalue weighted by atomic mass is 10.1. The van der Waals surface area contributed by atoms with Crippen LogP contribution in [0.2, 0.25) is 0 Å². The van der Waals surface area contributed by atoms with Crippen LogP contribution in [0.1, 0.15) is 17.0 Å². The maximum Gasteiger partial charge on any atom is 0.291 e. The Bertz CT molecular complexity index is 378. The van der Waals surface area contributed by atoms with Crippen molar-refractivity contribution in [2.75, 3.05) is 32.5 Å². The van der Waals surface area contributed by atoms with Gasteiger partial charge in [-0.3, -0.25) is 9.89 Å². The number of aromatic amines is 1. The first-order chi connectivity index (χ1) is 7.70. The van der Waals surface area contributed by atoms with Crippen molar-refractivity contribution in [1.82, 2.24) is 20.1 Å². The number of anilines is 1. The average Bonchev–Trinajstić information content (AvgIpc) is 2.87. The zero-order valence-electron chi connectivity index (χ0n) is 9.14. The zero-order chi connectivity index (χ0) is 11.5. The van der Waals surface area contributed by atoms with Crippen molar-refractivity contribution in [3.63, 3.8) is 0 Å². The van der Waals surface area contributed by atoms with Crippen LogP contribution in [0.15, 0.2) is 0 Å². The summed E-state index contributed by atoms with van der Waals surface area (Å²) in [5.74, 6) is 0.559. The van der Waals surface area contributed by atoms with Crippen molar-refractivity contribution < 1.29 is 9.53 Å². The lowest BCUT2D eigenvalue weighted by molar-refractivity contribution is 0.0764. The third-order valence-electron chi connectivity index (χ3n) is 2.68. The van der Waals surface area contributed by atoms with E-state index in [2.05, 4.69) is 15.2 Å². The molecule has 16 heavy (non-hydrogen) atoms. The number of hydrogen-bond acceptors (Lipinski definition) is 5. The number of aromatic nitrogens is 3. The molecule has 1 aliphatic heterocycles. The van der Waals surface area contributed by atoms with Gasteiger partial charge >= 0.3 is 0 Å². The monoisotopic (exact) mass is 225 g/mol. The first-order valence-corrected chi connectivity index (χ1v) is 5.16. The summed E-state index contributed by atoms with van der Waals surface area (Å²) in [5, 5.41) is 6.15. The van der Waals surface area contributed by atoms with Crippen LogP contribution < -0.4 is 5.73 Å². The smallest absolute Gasteiger partial charge is 0.291 e. The van der Waals surface area contributed by atoms with Crippen LogP contribution in [-0.4, -0.2) is 52.8 Å². The van der Waals surface area contributed by atoms with Gasteiger partial charge in [0.15, 0.2) is 0 Å². The quantitative estimate of drug-likeness (QED) is 0.722. The number of amides is 1. The predicted octanol–water partition coefficient (Wildman–Crippen LogP) is -0.505. The van der Waals surface area contributed by atoms with E-state index in [-0.39, 0.29) is 17.7 Å². The van der Waals surface area contributed by atoms with Gasteiger partial charge in [0.1, 0.15) is 0 Å². The van der Waals surface area contributed by atoms with Crippen molar-refractivity contribution in [1.29, 1.82) is 0 Å². The molecule has 1 atom stereocenters. The first kappa shape index (κ1) is 10.9. The van der Waals surface area contributed by atoms with Crippen molar-refractivity contribution >= 4 is 11.9 Å². The van der Waals surface area contributed by atoms with Crippen LogP contribution in [-0.2, 0) is 4.74 Å². The van der Waals surface area contributed by atoms with E-state index in [0.29, 0.717) is 19.1 Å². The second kappa shape index (κ2) is 4.48. The number of nitrogen functional groups attached to an aromatic ring is 1. The van der Waals surface area contributed by atoms with Gasteiger partial charge in [-0.15, -0.1) is 5.10 Å². The largest absolute Gasteiger partial charge is 0.384 e. The Morgan fingerprint density at radius 3 is 3.19 bits per heavy atom. The highest BCUT2D eigenvalue weighted by atomic mass is 16.5. The predicted molar refractivity (Wildman–Crippen MR) is 56.7 cm³/mol. The molecule has 1 saturated heterocycles. The van der Waals surface area contributed by atoms with Crippen molar-refractivity contribution in [2.45, 2.75) is 6.42 Å². The molecule has 0 bridgehead atoms. The van der Waals surface area contributed by atoms with Crippen molar-refractivity contribution in [2.24, 2.45) is 5.92 Å². The number of nitrogens with two attached hydrogens (primary N) is 1. The second-order valence-electron chi connectivity index (χ2n) is 3.90. The van der Waals surface area contributed by atoms with E-state index in [0.717, 1.165) is 13.0 Å². The third kappa shape index (κ3) is 2.13. The topological polar surface area (TPSA) is 97.1 Å². The van der Waals surface area contributed by atoms with Gasteiger partial charge < -0.3 is 15.4 Å². The number of methoxy groups -OCH3 is 1. The summed E-state index contributed by atoms with van der Waals surface area (Å²) in [5.41, 5.74) is 5.35. The zero-order valence-corrected chi connectivity index (χ0v) is 9.14.